The van der Waals surface area contributed by atoms with Gasteiger partial charge in [-0.15, -0.1) is 0 Å². The van der Waals surface area contributed by atoms with Crippen molar-refractivity contribution in [3.05, 3.63) is 59.7 Å². The quantitative estimate of drug-likeness (QED) is 0.855. The molecule has 1 aliphatic rings. The molecule has 5 heteroatoms. The Kier molecular flexibility index (Phi) is 3.93. The van der Waals surface area contributed by atoms with Crippen LogP contribution in [0.5, 0.6) is 5.75 Å². The summed E-state index contributed by atoms with van der Waals surface area (Å²) in [4.78, 5) is 0.324. The molecule has 1 atom stereocenters. The minimum Gasteiger partial charge on any atom is -0.489 e. The molecule has 0 aromatic heterocycles. The van der Waals surface area contributed by atoms with E-state index in [-0.39, 0.29) is 6.10 Å². The van der Waals surface area contributed by atoms with Crippen molar-refractivity contribution >= 4 is 10.0 Å². The highest BCUT2D eigenvalue weighted by Crippen LogP contribution is 2.28. The molecule has 0 bridgehead atoms. The molecule has 0 fully saturated rings. The molecule has 1 heterocycles. The first kappa shape index (κ1) is 15.1. The van der Waals surface area contributed by atoms with Gasteiger partial charge in [-0.25, -0.2) is 8.42 Å². The van der Waals surface area contributed by atoms with E-state index in [0.29, 0.717) is 18.0 Å². The second kappa shape index (κ2) is 5.74. The SMILES string of the molecule is Cc1ccc(S(=O)(=O)N2Cc3ccccc3OC(C)C2)cc1. The number of aryl methyl sites for hydroxylation is 1. The number of rotatable bonds is 2. The minimum atomic E-state index is -3.52. The van der Waals surface area contributed by atoms with Gasteiger partial charge in [0.1, 0.15) is 11.9 Å². The fourth-order valence-corrected chi connectivity index (χ4v) is 4.08. The van der Waals surface area contributed by atoms with Crippen LogP contribution in [-0.2, 0) is 16.6 Å². The van der Waals surface area contributed by atoms with E-state index in [1.165, 1.54) is 4.31 Å². The molecule has 0 amide bonds. The average molecular weight is 317 g/mol. The van der Waals surface area contributed by atoms with Gasteiger partial charge in [0.15, 0.2) is 0 Å². The van der Waals surface area contributed by atoms with Gasteiger partial charge in [0.05, 0.1) is 11.4 Å². The number of hydrogen-bond donors (Lipinski definition) is 0. The number of benzene rings is 2. The molecule has 0 spiro atoms. The van der Waals surface area contributed by atoms with Crippen LogP contribution < -0.4 is 4.74 Å². The third kappa shape index (κ3) is 2.87. The highest BCUT2D eigenvalue weighted by atomic mass is 32.2. The monoisotopic (exact) mass is 317 g/mol. The Labute approximate surface area is 131 Å². The van der Waals surface area contributed by atoms with Crippen molar-refractivity contribution in [2.45, 2.75) is 31.4 Å². The summed E-state index contributed by atoms with van der Waals surface area (Å²) in [6.45, 7) is 4.50. The Balaban J connectivity index is 1.98. The van der Waals surface area contributed by atoms with E-state index < -0.39 is 10.0 Å². The van der Waals surface area contributed by atoms with Gasteiger partial charge < -0.3 is 4.74 Å². The van der Waals surface area contributed by atoms with E-state index in [4.69, 9.17) is 4.74 Å². The fraction of sp³-hybridized carbons (Fsp3) is 0.294. The zero-order chi connectivity index (χ0) is 15.7. The van der Waals surface area contributed by atoms with E-state index in [0.717, 1.165) is 16.9 Å². The highest BCUT2D eigenvalue weighted by Gasteiger charge is 2.30. The van der Waals surface area contributed by atoms with Crippen molar-refractivity contribution in [3.8, 4) is 5.75 Å². The Bertz CT molecular complexity index is 769. The first-order valence-corrected chi connectivity index (χ1v) is 8.72. The third-order valence-corrected chi connectivity index (χ3v) is 5.59. The lowest BCUT2D eigenvalue weighted by atomic mass is 10.2. The van der Waals surface area contributed by atoms with Crippen LogP contribution in [0.2, 0.25) is 0 Å². The van der Waals surface area contributed by atoms with Gasteiger partial charge in [0.25, 0.3) is 0 Å². The minimum absolute atomic E-state index is 0.191. The van der Waals surface area contributed by atoms with Gasteiger partial charge in [0, 0.05) is 12.1 Å². The van der Waals surface area contributed by atoms with Crippen LogP contribution in [0, 0.1) is 6.92 Å². The highest BCUT2D eigenvalue weighted by molar-refractivity contribution is 7.89. The average Bonchev–Trinajstić information content (AvgIpc) is 2.66. The summed E-state index contributed by atoms with van der Waals surface area (Å²) in [6, 6.07) is 14.5. The molecule has 1 unspecified atom stereocenters. The number of para-hydroxylation sites is 1. The van der Waals surface area contributed by atoms with Crippen molar-refractivity contribution in [2.24, 2.45) is 0 Å². The molecular formula is C17H19NO3S. The number of ether oxygens (including phenoxy) is 1. The Hall–Kier alpha value is -1.85. The predicted molar refractivity (Wildman–Crippen MR) is 85.3 cm³/mol. The lowest BCUT2D eigenvalue weighted by Gasteiger charge is -2.21. The first-order chi connectivity index (χ1) is 10.5. The normalized spacial score (nSPS) is 19.1. The molecule has 4 nitrogen and oxygen atoms in total. The summed E-state index contributed by atoms with van der Waals surface area (Å²) >= 11 is 0. The fourth-order valence-electron chi connectivity index (χ4n) is 2.59. The van der Waals surface area contributed by atoms with Crippen molar-refractivity contribution in [1.29, 1.82) is 0 Å². The number of hydrogen-bond acceptors (Lipinski definition) is 3. The van der Waals surface area contributed by atoms with E-state index in [9.17, 15) is 8.42 Å². The molecule has 0 aliphatic carbocycles. The molecule has 22 heavy (non-hydrogen) atoms. The molecule has 0 N–H and O–H groups in total. The van der Waals surface area contributed by atoms with Crippen molar-refractivity contribution in [2.75, 3.05) is 6.54 Å². The van der Waals surface area contributed by atoms with E-state index in [2.05, 4.69) is 0 Å². The van der Waals surface area contributed by atoms with E-state index >= 15 is 0 Å². The van der Waals surface area contributed by atoms with Crippen LogP contribution in [0.25, 0.3) is 0 Å². The van der Waals surface area contributed by atoms with Crippen molar-refractivity contribution < 1.29 is 13.2 Å². The number of nitrogens with zero attached hydrogens (tertiary/aromatic N) is 1. The second-order valence-electron chi connectivity index (χ2n) is 5.65. The first-order valence-electron chi connectivity index (χ1n) is 7.28. The van der Waals surface area contributed by atoms with Crippen LogP contribution in [0.3, 0.4) is 0 Å². The lowest BCUT2D eigenvalue weighted by molar-refractivity contribution is 0.201. The summed E-state index contributed by atoms with van der Waals surface area (Å²) in [6.07, 6.45) is -0.191. The van der Waals surface area contributed by atoms with Gasteiger partial charge in [-0.3, -0.25) is 0 Å². The molecule has 2 aromatic rings. The summed E-state index contributed by atoms with van der Waals surface area (Å²) in [5, 5.41) is 0. The number of fused-ring (bicyclic) bond motifs is 1. The second-order valence-corrected chi connectivity index (χ2v) is 7.58. The zero-order valence-electron chi connectivity index (χ0n) is 12.7. The predicted octanol–water partition coefficient (Wildman–Crippen LogP) is 2.97. The summed E-state index contributed by atoms with van der Waals surface area (Å²) < 4.78 is 33.1. The summed E-state index contributed by atoms with van der Waals surface area (Å²) in [5.41, 5.74) is 1.93. The van der Waals surface area contributed by atoms with Crippen LogP contribution >= 0.6 is 0 Å². The van der Waals surface area contributed by atoms with Crippen LogP contribution in [0.1, 0.15) is 18.1 Å². The Morgan fingerprint density at radius 2 is 1.77 bits per heavy atom. The molecule has 0 saturated carbocycles. The van der Waals surface area contributed by atoms with Crippen LogP contribution in [0.4, 0.5) is 0 Å². The maximum absolute atomic E-state index is 12.9. The van der Waals surface area contributed by atoms with Crippen LogP contribution in [0.15, 0.2) is 53.4 Å². The van der Waals surface area contributed by atoms with Gasteiger partial charge in [-0.2, -0.15) is 4.31 Å². The van der Waals surface area contributed by atoms with Crippen molar-refractivity contribution in [3.63, 3.8) is 0 Å². The molecule has 3 rings (SSSR count). The molecular weight excluding hydrogens is 298 g/mol. The molecule has 2 aromatic carbocycles. The van der Waals surface area contributed by atoms with Gasteiger partial charge in [-0.1, -0.05) is 35.9 Å². The molecule has 0 radical (unpaired) electrons. The third-order valence-electron chi connectivity index (χ3n) is 3.77. The van der Waals surface area contributed by atoms with E-state index in [1.54, 1.807) is 12.1 Å². The van der Waals surface area contributed by atoms with Gasteiger partial charge in [0.2, 0.25) is 10.0 Å². The zero-order valence-corrected chi connectivity index (χ0v) is 13.5. The van der Waals surface area contributed by atoms with E-state index in [1.807, 2.05) is 50.2 Å². The molecule has 0 saturated heterocycles. The van der Waals surface area contributed by atoms with Crippen LogP contribution in [-0.4, -0.2) is 25.4 Å². The topological polar surface area (TPSA) is 46.6 Å². The smallest absolute Gasteiger partial charge is 0.243 e. The summed E-state index contributed by atoms with van der Waals surface area (Å²) in [5.74, 6) is 0.761. The van der Waals surface area contributed by atoms with Gasteiger partial charge in [-0.05, 0) is 32.0 Å². The molecule has 116 valence electrons. The van der Waals surface area contributed by atoms with Gasteiger partial charge >= 0.3 is 0 Å². The Morgan fingerprint density at radius 1 is 1.09 bits per heavy atom. The van der Waals surface area contributed by atoms with Crippen molar-refractivity contribution in [1.82, 2.24) is 4.31 Å². The largest absolute Gasteiger partial charge is 0.489 e. The maximum Gasteiger partial charge on any atom is 0.243 e. The summed E-state index contributed by atoms with van der Waals surface area (Å²) in [7, 11) is -3.52. The number of sulfonamides is 1. The standard InChI is InChI=1S/C17H19NO3S/c1-13-7-9-16(10-8-13)22(19,20)18-11-14(2)21-17-6-4-3-5-15(17)12-18/h3-10,14H,11-12H2,1-2H3. The molecule has 1 aliphatic heterocycles. The lowest BCUT2D eigenvalue weighted by Crippen LogP contribution is -2.36. The maximum atomic E-state index is 12.9. The Morgan fingerprint density at radius 3 is 2.50 bits per heavy atom.